The fourth-order valence-corrected chi connectivity index (χ4v) is 2.47. The highest BCUT2D eigenvalue weighted by Crippen LogP contribution is 2.09. The second-order valence-electron chi connectivity index (χ2n) is 6.09. The van der Waals surface area contributed by atoms with Crippen molar-refractivity contribution in [2.75, 3.05) is 12.4 Å². The van der Waals surface area contributed by atoms with Gasteiger partial charge in [-0.3, -0.25) is 4.79 Å². The number of carbonyl (C=O) groups excluding carboxylic acids is 1. The van der Waals surface area contributed by atoms with Crippen LogP contribution in [0.5, 0.6) is 0 Å². The molecule has 2 N–H and O–H groups in total. The zero-order valence-electron chi connectivity index (χ0n) is 14.5. The number of rotatable bonds is 6. The first-order chi connectivity index (χ1) is 11.5. The summed E-state index contributed by atoms with van der Waals surface area (Å²) in [6, 6.07) is 17.3. The van der Waals surface area contributed by atoms with Crippen LogP contribution in [0.2, 0.25) is 0 Å². The number of aryl methyl sites for hydroxylation is 1. The molecule has 1 unspecified atom stereocenters. The Kier molecular flexibility index (Phi) is 6.11. The molecule has 0 bridgehead atoms. The highest BCUT2D eigenvalue weighted by atomic mass is 16.2. The second kappa shape index (κ2) is 8.28. The second-order valence-corrected chi connectivity index (χ2v) is 6.09. The number of benzene rings is 2. The number of nitrogens with one attached hydrogen (secondary N) is 2. The number of quaternary nitrogens is 1. The summed E-state index contributed by atoms with van der Waals surface area (Å²) < 4.78 is 0. The Labute approximate surface area is 143 Å². The Balaban J connectivity index is 1.94. The molecule has 2 atom stereocenters. The molecule has 2 aromatic carbocycles. The molecule has 0 saturated heterocycles. The van der Waals surface area contributed by atoms with E-state index in [1.54, 1.807) is 24.3 Å². The Morgan fingerprint density at radius 1 is 1.12 bits per heavy atom. The van der Waals surface area contributed by atoms with Crippen molar-refractivity contribution in [3.63, 3.8) is 0 Å². The maximum absolute atomic E-state index is 12.4. The first kappa shape index (κ1) is 17.7. The third kappa shape index (κ3) is 4.68. The molecule has 0 saturated carbocycles. The van der Waals surface area contributed by atoms with Gasteiger partial charge in [-0.2, -0.15) is 5.26 Å². The standard InChI is InChI=1S/C20H23N3O/c1-4-16-5-7-18(8-6-16)14-23(3)15(2)20(24)22-19-11-9-17(13-21)10-12-19/h5-12,15H,4,14H2,1-3H3,(H,22,24)/p+1/t15-/m1/s1. The van der Waals surface area contributed by atoms with E-state index in [0.29, 0.717) is 11.3 Å². The van der Waals surface area contributed by atoms with Crippen LogP contribution in [0.15, 0.2) is 48.5 Å². The molecule has 0 aliphatic heterocycles. The van der Waals surface area contributed by atoms with Crippen LogP contribution in [-0.4, -0.2) is 19.0 Å². The van der Waals surface area contributed by atoms with E-state index in [4.69, 9.17) is 5.26 Å². The molecule has 4 nitrogen and oxygen atoms in total. The Hall–Kier alpha value is -2.64. The third-order valence-corrected chi connectivity index (χ3v) is 4.33. The van der Waals surface area contributed by atoms with E-state index in [1.807, 2.05) is 14.0 Å². The largest absolute Gasteiger partial charge is 0.324 e. The Morgan fingerprint density at radius 3 is 2.25 bits per heavy atom. The van der Waals surface area contributed by atoms with Crippen LogP contribution < -0.4 is 10.2 Å². The quantitative estimate of drug-likeness (QED) is 0.856. The van der Waals surface area contributed by atoms with E-state index in [1.165, 1.54) is 11.1 Å². The summed E-state index contributed by atoms with van der Waals surface area (Å²) in [6.45, 7) is 4.86. The average Bonchev–Trinajstić information content (AvgIpc) is 2.62. The van der Waals surface area contributed by atoms with Gasteiger partial charge in [0.15, 0.2) is 6.04 Å². The van der Waals surface area contributed by atoms with Gasteiger partial charge in [-0.15, -0.1) is 0 Å². The number of hydrogen-bond acceptors (Lipinski definition) is 2. The predicted octanol–water partition coefficient (Wildman–Crippen LogP) is 2.16. The molecule has 0 spiro atoms. The van der Waals surface area contributed by atoms with Gasteiger partial charge in [0.2, 0.25) is 0 Å². The van der Waals surface area contributed by atoms with Crippen molar-refractivity contribution in [3.8, 4) is 6.07 Å². The van der Waals surface area contributed by atoms with Crippen LogP contribution in [0.25, 0.3) is 0 Å². The van der Waals surface area contributed by atoms with E-state index >= 15 is 0 Å². The van der Waals surface area contributed by atoms with Crippen molar-refractivity contribution in [2.45, 2.75) is 32.9 Å². The molecule has 1 amide bonds. The molecular formula is C20H24N3O+. The number of carbonyl (C=O) groups is 1. The van der Waals surface area contributed by atoms with Crippen LogP contribution >= 0.6 is 0 Å². The highest BCUT2D eigenvalue weighted by Gasteiger charge is 2.22. The smallest absolute Gasteiger partial charge is 0.282 e. The van der Waals surface area contributed by atoms with E-state index in [0.717, 1.165) is 17.9 Å². The summed E-state index contributed by atoms with van der Waals surface area (Å²) in [4.78, 5) is 13.5. The van der Waals surface area contributed by atoms with Crippen LogP contribution in [0, 0.1) is 11.3 Å². The van der Waals surface area contributed by atoms with Crippen LogP contribution in [0.4, 0.5) is 5.69 Å². The number of likely N-dealkylation sites (N-methyl/N-ethyl adjacent to an activating group) is 1. The van der Waals surface area contributed by atoms with Crippen molar-refractivity contribution in [1.82, 2.24) is 0 Å². The number of hydrogen-bond donors (Lipinski definition) is 2. The van der Waals surface area contributed by atoms with Gasteiger partial charge >= 0.3 is 0 Å². The summed E-state index contributed by atoms with van der Waals surface area (Å²) in [5, 5.41) is 11.7. The van der Waals surface area contributed by atoms with Gasteiger partial charge in [0.25, 0.3) is 5.91 Å². The van der Waals surface area contributed by atoms with Crippen LogP contribution in [-0.2, 0) is 17.8 Å². The third-order valence-electron chi connectivity index (χ3n) is 4.33. The Bertz CT molecular complexity index is 714. The lowest BCUT2D eigenvalue weighted by molar-refractivity contribution is -0.907. The van der Waals surface area contributed by atoms with Crippen molar-refractivity contribution in [1.29, 1.82) is 5.26 Å². The zero-order valence-corrected chi connectivity index (χ0v) is 14.5. The monoisotopic (exact) mass is 322 g/mol. The topological polar surface area (TPSA) is 57.3 Å². The number of anilines is 1. The molecule has 0 heterocycles. The van der Waals surface area contributed by atoms with Crippen LogP contribution in [0.3, 0.4) is 0 Å². The minimum Gasteiger partial charge on any atom is -0.324 e. The van der Waals surface area contributed by atoms with E-state index in [9.17, 15) is 4.79 Å². The van der Waals surface area contributed by atoms with Gasteiger partial charge in [0.05, 0.1) is 18.7 Å². The number of amides is 1. The highest BCUT2D eigenvalue weighted by molar-refractivity contribution is 5.93. The van der Waals surface area contributed by atoms with Gasteiger partial charge in [-0.05, 0) is 43.2 Å². The molecule has 124 valence electrons. The predicted molar refractivity (Wildman–Crippen MR) is 95.7 cm³/mol. The molecule has 0 radical (unpaired) electrons. The minimum absolute atomic E-state index is 0.0256. The molecule has 2 rings (SSSR count). The van der Waals surface area contributed by atoms with Crippen molar-refractivity contribution in [3.05, 3.63) is 65.2 Å². The lowest BCUT2D eigenvalue weighted by Gasteiger charge is -2.21. The average molecular weight is 322 g/mol. The van der Waals surface area contributed by atoms with Gasteiger partial charge in [0, 0.05) is 11.3 Å². The lowest BCUT2D eigenvalue weighted by atomic mass is 10.1. The lowest BCUT2D eigenvalue weighted by Crippen LogP contribution is -3.12. The van der Waals surface area contributed by atoms with Gasteiger partial charge in [0.1, 0.15) is 6.54 Å². The fourth-order valence-electron chi connectivity index (χ4n) is 2.47. The van der Waals surface area contributed by atoms with Crippen molar-refractivity contribution in [2.24, 2.45) is 0 Å². The van der Waals surface area contributed by atoms with E-state index in [-0.39, 0.29) is 11.9 Å². The number of nitriles is 1. The van der Waals surface area contributed by atoms with E-state index < -0.39 is 0 Å². The number of nitrogens with zero attached hydrogens (tertiary/aromatic N) is 1. The van der Waals surface area contributed by atoms with Crippen LogP contribution in [0.1, 0.15) is 30.5 Å². The molecule has 24 heavy (non-hydrogen) atoms. The first-order valence-corrected chi connectivity index (χ1v) is 8.24. The molecule has 0 aromatic heterocycles. The summed E-state index contributed by atoms with van der Waals surface area (Å²) in [5.41, 5.74) is 3.84. The van der Waals surface area contributed by atoms with Gasteiger partial charge < -0.3 is 10.2 Å². The molecule has 4 heteroatoms. The minimum atomic E-state index is -0.175. The summed E-state index contributed by atoms with van der Waals surface area (Å²) in [7, 11) is 2.02. The fraction of sp³-hybridized carbons (Fsp3) is 0.300. The van der Waals surface area contributed by atoms with Crippen molar-refractivity contribution < 1.29 is 9.69 Å². The van der Waals surface area contributed by atoms with Gasteiger partial charge in [-0.1, -0.05) is 31.2 Å². The zero-order chi connectivity index (χ0) is 17.5. The summed E-state index contributed by atoms with van der Waals surface area (Å²) in [5.74, 6) is -0.0256. The Morgan fingerprint density at radius 2 is 1.71 bits per heavy atom. The van der Waals surface area contributed by atoms with Crippen molar-refractivity contribution >= 4 is 11.6 Å². The molecule has 0 aliphatic carbocycles. The molecule has 0 fully saturated rings. The summed E-state index contributed by atoms with van der Waals surface area (Å²) >= 11 is 0. The van der Waals surface area contributed by atoms with Gasteiger partial charge in [-0.25, -0.2) is 0 Å². The molecule has 2 aromatic rings. The normalized spacial score (nSPS) is 12.9. The molecule has 0 aliphatic rings. The maximum Gasteiger partial charge on any atom is 0.282 e. The summed E-state index contributed by atoms with van der Waals surface area (Å²) in [6.07, 6.45) is 1.03. The maximum atomic E-state index is 12.4. The van der Waals surface area contributed by atoms with E-state index in [2.05, 4.69) is 42.6 Å². The molecular weight excluding hydrogens is 298 g/mol. The first-order valence-electron chi connectivity index (χ1n) is 8.24. The SMILES string of the molecule is CCc1ccc(C[NH+](C)[C@H](C)C(=O)Nc2ccc(C#N)cc2)cc1.